The van der Waals surface area contributed by atoms with Gasteiger partial charge in [-0.05, 0) is 30.7 Å². The van der Waals surface area contributed by atoms with Crippen molar-refractivity contribution >= 4 is 11.8 Å². The monoisotopic (exact) mass is 181 g/mol. The van der Waals surface area contributed by atoms with Crippen LogP contribution in [-0.4, -0.2) is 4.92 Å². The Kier molecular flexibility index (Phi) is 2.74. The van der Waals surface area contributed by atoms with Crippen molar-refractivity contribution in [2.75, 3.05) is 0 Å². The number of hydrogen-bond donors (Lipinski definition) is 0. The van der Waals surface area contributed by atoms with Crippen molar-refractivity contribution < 1.29 is 9.31 Å². The highest BCUT2D eigenvalue weighted by molar-refractivity contribution is 5.52. The third-order valence-electron chi connectivity index (χ3n) is 1.47. The Hall–Kier alpha value is -1.71. The smallest absolute Gasteiger partial charge is 0.258 e. The fourth-order valence-electron chi connectivity index (χ4n) is 0.922. The van der Waals surface area contributed by atoms with Crippen LogP contribution in [0.3, 0.4) is 0 Å². The maximum absolute atomic E-state index is 12.4. The minimum atomic E-state index is -0.490. The van der Waals surface area contributed by atoms with E-state index in [1.54, 1.807) is 0 Å². The number of nitro groups is 1. The summed E-state index contributed by atoms with van der Waals surface area (Å²) in [6.45, 7) is 1.32. The van der Waals surface area contributed by atoms with E-state index in [-0.39, 0.29) is 11.5 Å². The molecule has 0 saturated carbocycles. The van der Waals surface area contributed by atoms with Crippen LogP contribution in [0.2, 0.25) is 0 Å². The number of hydrogen-bond acceptors (Lipinski definition) is 2. The Bertz CT molecular complexity index is 339. The number of halogens is 1. The Morgan fingerprint density at radius 1 is 1.46 bits per heavy atom. The fraction of sp³-hybridized carbons (Fsp3) is 0.111. The first-order valence-corrected chi connectivity index (χ1v) is 3.68. The molecule has 0 N–H and O–H groups in total. The van der Waals surface area contributed by atoms with Gasteiger partial charge in [0.2, 0.25) is 0 Å². The molecule has 13 heavy (non-hydrogen) atoms. The van der Waals surface area contributed by atoms with Crippen molar-refractivity contribution in [3.63, 3.8) is 0 Å². The first kappa shape index (κ1) is 9.38. The lowest BCUT2D eigenvalue weighted by molar-refractivity contribution is -0.384. The Balaban J connectivity index is 2.94. The van der Waals surface area contributed by atoms with Crippen LogP contribution in [0.1, 0.15) is 12.5 Å². The van der Waals surface area contributed by atoms with E-state index < -0.39 is 4.92 Å². The largest absolute Gasteiger partial charge is 0.269 e. The zero-order valence-corrected chi connectivity index (χ0v) is 7.03. The molecule has 0 unspecified atom stereocenters. The summed E-state index contributed by atoms with van der Waals surface area (Å²) in [6, 6.07) is 5.69. The van der Waals surface area contributed by atoms with Gasteiger partial charge in [-0.2, -0.15) is 0 Å². The number of rotatable bonds is 2. The third-order valence-corrected chi connectivity index (χ3v) is 1.47. The highest BCUT2D eigenvalue weighted by atomic mass is 19.1. The Labute approximate surface area is 74.7 Å². The molecule has 1 aromatic carbocycles. The van der Waals surface area contributed by atoms with E-state index in [0.29, 0.717) is 5.56 Å². The van der Waals surface area contributed by atoms with Crippen LogP contribution >= 0.6 is 0 Å². The zero-order valence-electron chi connectivity index (χ0n) is 7.03. The fourth-order valence-corrected chi connectivity index (χ4v) is 0.922. The van der Waals surface area contributed by atoms with E-state index >= 15 is 0 Å². The van der Waals surface area contributed by atoms with E-state index in [2.05, 4.69) is 0 Å². The molecule has 1 rings (SSSR count). The summed E-state index contributed by atoms with van der Waals surface area (Å²) < 4.78 is 12.4. The number of non-ortho nitro benzene ring substituents is 1. The average molecular weight is 181 g/mol. The van der Waals surface area contributed by atoms with Crippen molar-refractivity contribution in [1.82, 2.24) is 0 Å². The van der Waals surface area contributed by atoms with Crippen LogP contribution in [0.4, 0.5) is 10.1 Å². The van der Waals surface area contributed by atoms with Gasteiger partial charge in [0.25, 0.3) is 5.69 Å². The van der Waals surface area contributed by atoms with Gasteiger partial charge in [-0.25, -0.2) is 4.39 Å². The molecule has 1 aromatic rings. The second-order valence-electron chi connectivity index (χ2n) is 2.58. The zero-order chi connectivity index (χ0) is 9.84. The van der Waals surface area contributed by atoms with Gasteiger partial charge >= 0.3 is 0 Å². The summed E-state index contributed by atoms with van der Waals surface area (Å²) in [5.41, 5.74) is 0.624. The summed E-state index contributed by atoms with van der Waals surface area (Å²) in [7, 11) is 0. The number of nitrogens with zero attached hydrogens (tertiary/aromatic N) is 1. The molecular formula is C9H8FNO2. The van der Waals surface area contributed by atoms with Crippen molar-refractivity contribution in [2.24, 2.45) is 0 Å². The van der Waals surface area contributed by atoms with Crippen LogP contribution in [0.15, 0.2) is 30.1 Å². The molecule has 0 aliphatic rings. The van der Waals surface area contributed by atoms with E-state index in [1.165, 1.54) is 37.3 Å². The molecule has 0 fully saturated rings. The van der Waals surface area contributed by atoms with Gasteiger partial charge in [0.05, 0.1) is 10.8 Å². The Morgan fingerprint density at radius 2 is 2.00 bits per heavy atom. The Morgan fingerprint density at radius 3 is 2.38 bits per heavy atom. The normalized spacial score (nSPS) is 11.4. The lowest BCUT2D eigenvalue weighted by Gasteiger charge is -1.93. The molecule has 0 atom stereocenters. The highest BCUT2D eigenvalue weighted by Crippen LogP contribution is 2.14. The molecule has 0 heterocycles. The minimum absolute atomic E-state index is 0.00802. The van der Waals surface area contributed by atoms with E-state index in [4.69, 9.17) is 0 Å². The molecule has 0 amide bonds. The van der Waals surface area contributed by atoms with Gasteiger partial charge in [-0.15, -0.1) is 0 Å². The lowest BCUT2D eigenvalue weighted by atomic mass is 10.2. The van der Waals surface area contributed by atoms with Gasteiger partial charge in [0.1, 0.15) is 0 Å². The van der Waals surface area contributed by atoms with Crippen LogP contribution in [-0.2, 0) is 0 Å². The van der Waals surface area contributed by atoms with Gasteiger partial charge in [-0.3, -0.25) is 10.1 Å². The summed E-state index contributed by atoms with van der Waals surface area (Å²) >= 11 is 0. The van der Waals surface area contributed by atoms with Crippen molar-refractivity contribution in [2.45, 2.75) is 6.92 Å². The number of benzene rings is 1. The second-order valence-corrected chi connectivity index (χ2v) is 2.58. The molecule has 0 radical (unpaired) electrons. The molecule has 0 spiro atoms. The number of allylic oxidation sites excluding steroid dienone is 1. The summed E-state index contributed by atoms with van der Waals surface area (Å²) in [6.07, 6.45) is 1.31. The summed E-state index contributed by atoms with van der Waals surface area (Å²) in [4.78, 5) is 9.76. The molecule has 0 aliphatic heterocycles. The van der Waals surface area contributed by atoms with Crippen LogP contribution < -0.4 is 0 Å². The van der Waals surface area contributed by atoms with Crippen molar-refractivity contribution in [3.8, 4) is 0 Å². The first-order chi connectivity index (χ1) is 6.09. The second kappa shape index (κ2) is 3.80. The van der Waals surface area contributed by atoms with Gasteiger partial charge in [0.15, 0.2) is 0 Å². The molecule has 0 bridgehead atoms. The van der Waals surface area contributed by atoms with Gasteiger partial charge in [0, 0.05) is 12.1 Å². The molecule has 68 valence electrons. The first-order valence-electron chi connectivity index (χ1n) is 3.68. The predicted molar refractivity (Wildman–Crippen MR) is 47.9 cm³/mol. The SMILES string of the molecule is C/C(F)=C/c1ccc([N+](=O)[O-])cc1. The molecular weight excluding hydrogens is 173 g/mol. The third kappa shape index (κ3) is 2.66. The molecule has 4 heteroatoms. The molecule has 3 nitrogen and oxygen atoms in total. The summed E-state index contributed by atoms with van der Waals surface area (Å²) in [5.74, 6) is -0.325. The van der Waals surface area contributed by atoms with E-state index in [9.17, 15) is 14.5 Å². The minimum Gasteiger partial charge on any atom is -0.258 e. The van der Waals surface area contributed by atoms with E-state index in [1.807, 2.05) is 0 Å². The quantitative estimate of drug-likeness (QED) is 0.520. The van der Waals surface area contributed by atoms with Crippen LogP contribution in [0.25, 0.3) is 6.08 Å². The number of nitro benzene ring substituents is 1. The maximum Gasteiger partial charge on any atom is 0.269 e. The average Bonchev–Trinajstić information content (AvgIpc) is 2.04. The van der Waals surface area contributed by atoms with Crippen molar-refractivity contribution in [1.29, 1.82) is 0 Å². The van der Waals surface area contributed by atoms with Crippen molar-refractivity contribution in [3.05, 3.63) is 45.8 Å². The van der Waals surface area contributed by atoms with E-state index in [0.717, 1.165) is 0 Å². The summed E-state index contributed by atoms with van der Waals surface area (Å²) in [5, 5.41) is 10.3. The molecule has 0 saturated heterocycles. The van der Waals surface area contributed by atoms with Gasteiger partial charge < -0.3 is 0 Å². The van der Waals surface area contributed by atoms with Gasteiger partial charge in [-0.1, -0.05) is 0 Å². The topological polar surface area (TPSA) is 43.1 Å². The lowest BCUT2D eigenvalue weighted by Crippen LogP contribution is -1.86. The maximum atomic E-state index is 12.4. The predicted octanol–water partition coefficient (Wildman–Crippen LogP) is 2.93. The molecule has 0 aromatic heterocycles. The van der Waals surface area contributed by atoms with Crippen LogP contribution in [0, 0.1) is 10.1 Å². The standard InChI is InChI=1S/C9H8FNO2/c1-7(10)6-8-2-4-9(5-3-8)11(12)13/h2-6H,1H3/b7-6-. The highest BCUT2D eigenvalue weighted by Gasteiger charge is 2.02. The molecule has 0 aliphatic carbocycles. The van der Waals surface area contributed by atoms with Crippen LogP contribution in [0.5, 0.6) is 0 Å².